The first-order chi connectivity index (χ1) is 11.2. The Bertz CT molecular complexity index is 834. The number of anilines is 2. The Morgan fingerprint density at radius 2 is 1.57 bits per heavy atom. The maximum atomic E-state index is 4.48. The summed E-state index contributed by atoms with van der Waals surface area (Å²) in [6.45, 7) is 5.65. The van der Waals surface area contributed by atoms with Crippen LogP contribution in [0.2, 0.25) is 0 Å². The van der Waals surface area contributed by atoms with Crippen molar-refractivity contribution in [3.63, 3.8) is 0 Å². The highest BCUT2D eigenvalue weighted by atomic mass is 15.3. The minimum Gasteiger partial charge on any atom is -0.353 e. The molecule has 1 fully saturated rings. The number of piperazine rings is 1. The maximum absolute atomic E-state index is 4.48. The highest BCUT2D eigenvalue weighted by molar-refractivity contribution is 5.86. The molecular formula is C15H18N8. The summed E-state index contributed by atoms with van der Waals surface area (Å²) in [4.78, 5) is 21.8. The van der Waals surface area contributed by atoms with Gasteiger partial charge in [-0.15, -0.1) is 0 Å². The molecule has 0 radical (unpaired) electrons. The quantitative estimate of drug-likeness (QED) is 0.692. The standard InChI is InChI=1S/C15H18N8/c1-11-7-16-9-17-13(11)22-3-5-23(6-4-22)15-12-8-20-21(2)14(12)18-10-19-15/h7-10H,3-6H2,1-2H3. The van der Waals surface area contributed by atoms with Crippen molar-refractivity contribution in [3.05, 3.63) is 30.6 Å². The van der Waals surface area contributed by atoms with Crippen LogP contribution in [-0.4, -0.2) is 55.9 Å². The largest absolute Gasteiger partial charge is 0.353 e. The number of rotatable bonds is 2. The Hall–Kier alpha value is -2.77. The molecule has 0 saturated carbocycles. The van der Waals surface area contributed by atoms with Crippen LogP contribution in [0.5, 0.6) is 0 Å². The van der Waals surface area contributed by atoms with Crippen LogP contribution in [0.3, 0.4) is 0 Å². The summed E-state index contributed by atoms with van der Waals surface area (Å²) in [5, 5.41) is 5.29. The van der Waals surface area contributed by atoms with Crippen LogP contribution in [0.25, 0.3) is 11.0 Å². The monoisotopic (exact) mass is 310 g/mol. The van der Waals surface area contributed by atoms with E-state index in [1.54, 1.807) is 17.3 Å². The third-order valence-corrected chi connectivity index (χ3v) is 4.25. The van der Waals surface area contributed by atoms with Gasteiger partial charge in [0.05, 0.1) is 11.6 Å². The summed E-state index contributed by atoms with van der Waals surface area (Å²) in [6.07, 6.45) is 6.92. The van der Waals surface area contributed by atoms with Crippen LogP contribution in [0.4, 0.5) is 11.6 Å². The molecule has 23 heavy (non-hydrogen) atoms. The average molecular weight is 310 g/mol. The van der Waals surface area contributed by atoms with Crippen LogP contribution in [0.1, 0.15) is 5.56 Å². The Kier molecular flexibility index (Phi) is 3.29. The van der Waals surface area contributed by atoms with Gasteiger partial charge < -0.3 is 9.80 Å². The van der Waals surface area contributed by atoms with Gasteiger partial charge in [-0.3, -0.25) is 4.68 Å². The van der Waals surface area contributed by atoms with Crippen molar-refractivity contribution >= 4 is 22.7 Å². The third kappa shape index (κ3) is 2.36. The number of aryl methyl sites for hydroxylation is 2. The summed E-state index contributed by atoms with van der Waals surface area (Å²) in [5.41, 5.74) is 1.97. The molecule has 3 aromatic rings. The lowest BCUT2D eigenvalue weighted by atomic mass is 10.2. The van der Waals surface area contributed by atoms with E-state index in [0.717, 1.165) is 54.4 Å². The number of fused-ring (bicyclic) bond motifs is 1. The lowest BCUT2D eigenvalue weighted by molar-refractivity contribution is 0.640. The molecule has 4 rings (SSSR count). The summed E-state index contributed by atoms with van der Waals surface area (Å²) < 4.78 is 1.78. The molecule has 0 atom stereocenters. The van der Waals surface area contributed by atoms with Crippen molar-refractivity contribution in [2.75, 3.05) is 36.0 Å². The van der Waals surface area contributed by atoms with Crippen LogP contribution in [-0.2, 0) is 7.05 Å². The average Bonchev–Trinajstić information content (AvgIpc) is 2.97. The summed E-state index contributed by atoms with van der Waals surface area (Å²) in [7, 11) is 1.90. The van der Waals surface area contributed by atoms with Gasteiger partial charge in [0.15, 0.2) is 5.65 Å². The molecule has 0 N–H and O–H groups in total. The van der Waals surface area contributed by atoms with Crippen molar-refractivity contribution in [3.8, 4) is 0 Å². The molecule has 8 heteroatoms. The number of hydrogen-bond donors (Lipinski definition) is 0. The molecule has 0 spiro atoms. The predicted molar refractivity (Wildman–Crippen MR) is 87.5 cm³/mol. The zero-order chi connectivity index (χ0) is 15.8. The van der Waals surface area contributed by atoms with Crippen molar-refractivity contribution < 1.29 is 0 Å². The fourth-order valence-corrected chi connectivity index (χ4v) is 3.06. The third-order valence-electron chi connectivity index (χ3n) is 4.25. The van der Waals surface area contributed by atoms with E-state index < -0.39 is 0 Å². The number of aromatic nitrogens is 6. The SMILES string of the molecule is Cc1cncnc1N1CCN(c2ncnc3c2cnn3C)CC1. The minimum absolute atomic E-state index is 0.865. The smallest absolute Gasteiger partial charge is 0.163 e. The normalized spacial score (nSPS) is 15.4. The lowest BCUT2D eigenvalue weighted by Gasteiger charge is -2.36. The van der Waals surface area contributed by atoms with Gasteiger partial charge in [0.2, 0.25) is 0 Å². The topological polar surface area (TPSA) is 75.9 Å². The molecule has 0 amide bonds. The Morgan fingerprint density at radius 1 is 0.870 bits per heavy atom. The fourth-order valence-electron chi connectivity index (χ4n) is 3.06. The highest BCUT2D eigenvalue weighted by Gasteiger charge is 2.22. The second kappa shape index (κ2) is 5.45. The van der Waals surface area contributed by atoms with Crippen molar-refractivity contribution in [1.29, 1.82) is 0 Å². The van der Waals surface area contributed by atoms with Gasteiger partial charge in [-0.1, -0.05) is 0 Å². The molecule has 1 saturated heterocycles. The van der Waals surface area contributed by atoms with Crippen molar-refractivity contribution in [2.45, 2.75) is 6.92 Å². The first-order valence-electron chi connectivity index (χ1n) is 7.63. The van der Waals surface area contributed by atoms with E-state index >= 15 is 0 Å². The van der Waals surface area contributed by atoms with E-state index in [4.69, 9.17) is 0 Å². The molecule has 0 unspecified atom stereocenters. The number of hydrogen-bond acceptors (Lipinski definition) is 7. The minimum atomic E-state index is 0.865. The summed E-state index contributed by atoms with van der Waals surface area (Å²) in [5.74, 6) is 1.98. The van der Waals surface area contributed by atoms with Gasteiger partial charge in [0, 0.05) is 45.0 Å². The predicted octanol–water partition coefficient (Wildman–Crippen LogP) is 0.788. The van der Waals surface area contributed by atoms with E-state index in [-0.39, 0.29) is 0 Å². The van der Waals surface area contributed by atoms with E-state index in [2.05, 4.69) is 34.8 Å². The Labute approximate surface area is 133 Å². The van der Waals surface area contributed by atoms with Gasteiger partial charge >= 0.3 is 0 Å². The Balaban J connectivity index is 1.56. The van der Waals surface area contributed by atoms with E-state index in [1.165, 1.54) is 0 Å². The molecule has 3 aromatic heterocycles. The van der Waals surface area contributed by atoms with Crippen LogP contribution < -0.4 is 9.80 Å². The lowest BCUT2D eigenvalue weighted by Crippen LogP contribution is -2.47. The highest BCUT2D eigenvalue weighted by Crippen LogP contribution is 2.24. The fraction of sp³-hybridized carbons (Fsp3) is 0.400. The Morgan fingerprint density at radius 3 is 2.30 bits per heavy atom. The molecule has 118 valence electrons. The van der Waals surface area contributed by atoms with Gasteiger partial charge in [0.1, 0.15) is 24.3 Å². The van der Waals surface area contributed by atoms with E-state index in [1.807, 2.05) is 26.4 Å². The zero-order valence-corrected chi connectivity index (χ0v) is 13.2. The molecule has 0 aromatic carbocycles. The second-order valence-electron chi connectivity index (χ2n) is 5.71. The molecular weight excluding hydrogens is 292 g/mol. The first-order valence-corrected chi connectivity index (χ1v) is 7.63. The molecule has 1 aliphatic rings. The van der Waals surface area contributed by atoms with Crippen LogP contribution in [0.15, 0.2) is 25.0 Å². The maximum Gasteiger partial charge on any atom is 0.163 e. The van der Waals surface area contributed by atoms with Crippen molar-refractivity contribution in [1.82, 2.24) is 29.7 Å². The first kappa shape index (κ1) is 13.9. The second-order valence-corrected chi connectivity index (χ2v) is 5.71. The number of nitrogens with zero attached hydrogens (tertiary/aromatic N) is 8. The van der Waals surface area contributed by atoms with Gasteiger partial charge in [-0.25, -0.2) is 19.9 Å². The molecule has 8 nitrogen and oxygen atoms in total. The van der Waals surface area contributed by atoms with Gasteiger partial charge in [-0.2, -0.15) is 5.10 Å². The molecule has 0 aliphatic carbocycles. The van der Waals surface area contributed by atoms with Gasteiger partial charge in [0.25, 0.3) is 0 Å². The van der Waals surface area contributed by atoms with Gasteiger partial charge in [-0.05, 0) is 6.92 Å². The molecule has 1 aliphatic heterocycles. The van der Waals surface area contributed by atoms with Crippen LogP contribution in [0, 0.1) is 6.92 Å². The van der Waals surface area contributed by atoms with E-state index in [0.29, 0.717) is 0 Å². The molecule has 4 heterocycles. The summed E-state index contributed by atoms with van der Waals surface area (Å²) >= 11 is 0. The van der Waals surface area contributed by atoms with Crippen LogP contribution >= 0.6 is 0 Å². The molecule has 0 bridgehead atoms. The summed E-state index contributed by atoms with van der Waals surface area (Å²) in [6, 6.07) is 0. The van der Waals surface area contributed by atoms with E-state index in [9.17, 15) is 0 Å². The van der Waals surface area contributed by atoms with Crippen molar-refractivity contribution in [2.24, 2.45) is 7.05 Å². The zero-order valence-electron chi connectivity index (χ0n) is 13.2.